The van der Waals surface area contributed by atoms with Gasteiger partial charge in [-0.3, -0.25) is 4.90 Å². The Balaban J connectivity index is 1.74. The predicted octanol–water partition coefficient (Wildman–Crippen LogP) is 2.72. The Morgan fingerprint density at radius 1 is 1.11 bits per heavy atom. The molecule has 7 heteroatoms. The average molecular weight is 372 g/mol. The topological polar surface area (TPSA) is 68.7 Å². The van der Waals surface area contributed by atoms with Gasteiger partial charge in [-0.05, 0) is 30.5 Å². The largest absolute Gasteiger partial charge is 0.493 e. The van der Waals surface area contributed by atoms with Crippen LogP contribution in [0.3, 0.4) is 0 Å². The number of nitrogens with one attached hydrogen (secondary N) is 1. The summed E-state index contributed by atoms with van der Waals surface area (Å²) in [7, 11) is 5.12. The van der Waals surface area contributed by atoms with E-state index in [-0.39, 0.29) is 6.10 Å². The highest BCUT2D eigenvalue weighted by Crippen LogP contribution is 2.28. The highest BCUT2D eigenvalue weighted by atomic mass is 16.5. The first-order valence-corrected chi connectivity index (χ1v) is 9.25. The first kappa shape index (κ1) is 19.4. The first-order valence-electron chi connectivity index (χ1n) is 9.25. The molecule has 0 spiro atoms. The van der Waals surface area contributed by atoms with E-state index in [2.05, 4.69) is 26.3 Å². The minimum absolute atomic E-state index is 0.280. The Morgan fingerprint density at radius 2 is 1.85 bits per heavy atom. The van der Waals surface area contributed by atoms with Crippen molar-refractivity contribution in [3.05, 3.63) is 41.7 Å². The second-order valence-electron chi connectivity index (χ2n) is 6.66. The van der Waals surface area contributed by atoms with Gasteiger partial charge in [0.25, 0.3) is 0 Å². The second kappa shape index (κ2) is 9.53. The van der Waals surface area contributed by atoms with Crippen molar-refractivity contribution >= 4 is 5.95 Å². The van der Waals surface area contributed by atoms with Gasteiger partial charge in [0.05, 0.1) is 20.3 Å². The summed E-state index contributed by atoms with van der Waals surface area (Å²) in [6, 6.07) is 6.05. The Hall–Kier alpha value is -2.38. The highest BCUT2D eigenvalue weighted by molar-refractivity contribution is 5.42. The fourth-order valence-electron chi connectivity index (χ4n) is 3.32. The zero-order chi connectivity index (χ0) is 19.1. The number of hydrogen-bond acceptors (Lipinski definition) is 7. The van der Waals surface area contributed by atoms with Gasteiger partial charge in [0.15, 0.2) is 11.5 Å². The molecule has 1 saturated heterocycles. The molecule has 0 radical (unpaired) electrons. The molecule has 1 aromatic carbocycles. The van der Waals surface area contributed by atoms with Crippen molar-refractivity contribution in [2.75, 3.05) is 39.7 Å². The second-order valence-corrected chi connectivity index (χ2v) is 6.66. The summed E-state index contributed by atoms with van der Waals surface area (Å²) in [6.07, 6.45) is 6.26. The van der Waals surface area contributed by atoms with Crippen LogP contribution >= 0.6 is 0 Å². The molecule has 0 amide bonds. The first-order chi connectivity index (χ1) is 13.2. The Kier molecular flexibility index (Phi) is 6.84. The molecular weight excluding hydrogens is 344 g/mol. The molecular formula is C20H28N4O3. The van der Waals surface area contributed by atoms with Gasteiger partial charge in [0, 0.05) is 51.2 Å². The lowest BCUT2D eigenvalue weighted by Gasteiger charge is -2.25. The number of nitrogens with zero attached hydrogens (tertiary/aromatic N) is 3. The van der Waals surface area contributed by atoms with Crippen LogP contribution in [-0.2, 0) is 17.8 Å². The molecule has 1 aromatic heterocycles. The molecule has 27 heavy (non-hydrogen) atoms. The molecule has 3 rings (SSSR count). The van der Waals surface area contributed by atoms with Gasteiger partial charge < -0.3 is 19.5 Å². The maximum Gasteiger partial charge on any atom is 0.222 e. The van der Waals surface area contributed by atoms with Gasteiger partial charge >= 0.3 is 0 Å². The van der Waals surface area contributed by atoms with Crippen LogP contribution in [0.2, 0.25) is 0 Å². The van der Waals surface area contributed by atoms with Crippen molar-refractivity contribution in [3.8, 4) is 11.5 Å². The fraction of sp³-hybridized carbons (Fsp3) is 0.500. The third-order valence-corrected chi connectivity index (χ3v) is 4.68. The number of ether oxygens (including phenoxy) is 3. The van der Waals surface area contributed by atoms with Crippen LogP contribution in [0.15, 0.2) is 30.6 Å². The van der Waals surface area contributed by atoms with E-state index in [0.717, 1.165) is 56.1 Å². The normalized spacial score (nSPS) is 16.5. The summed E-state index contributed by atoms with van der Waals surface area (Å²) < 4.78 is 16.6. The van der Waals surface area contributed by atoms with Crippen molar-refractivity contribution < 1.29 is 14.2 Å². The molecule has 1 unspecified atom stereocenters. The number of rotatable bonds is 9. The van der Waals surface area contributed by atoms with E-state index in [9.17, 15) is 0 Å². The summed E-state index contributed by atoms with van der Waals surface area (Å²) in [5.41, 5.74) is 2.24. The standard InChI is InChI=1S/C20H28N4O3/c1-21-20-22-10-16(11-23-20)13-24(14-17-5-4-8-27-17)12-15-6-7-18(25-2)19(9-15)26-3/h6-7,9-11,17H,4-5,8,12-14H2,1-3H3,(H,21,22,23). The Bertz CT molecular complexity index is 718. The van der Waals surface area contributed by atoms with E-state index in [4.69, 9.17) is 14.2 Å². The van der Waals surface area contributed by atoms with Gasteiger partial charge in [0.2, 0.25) is 5.95 Å². The van der Waals surface area contributed by atoms with Crippen molar-refractivity contribution in [3.63, 3.8) is 0 Å². The Labute approximate surface area is 160 Å². The van der Waals surface area contributed by atoms with Crippen LogP contribution in [0.5, 0.6) is 11.5 Å². The van der Waals surface area contributed by atoms with Crippen molar-refractivity contribution in [2.24, 2.45) is 0 Å². The molecule has 0 saturated carbocycles. The molecule has 1 N–H and O–H groups in total. The molecule has 1 atom stereocenters. The number of methoxy groups -OCH3 is 2. The van der Waals surface area contributed by atoms with E-state index in [0.29, 0.717) is 5.95 Å². The quantitative estimate of drug-likeness (QED) is 0.726. The maximum atomic E-state index is 5.85. The van der Waals surface area contributed by atoms with Gasteiger partial charge in [-0.25, -0.2) is 9.97 Å². The number of anilines is 1. The summed E-state index contributed by atoms with van der Waals surface area (Å²) in [4.78, 5) is 11.0. The lowest BCUT2D eigenvalue weighted by molar-refractivity contribution is 0.0678. The summed E-state index contributed by atoms with van der Waals surface area (Å²) in [5.74, 6) is 2.11. The molecule has 0 bridgehead atoms. The smallest absolute Gasteiger partial charge is 0.222 e. The maximum absolute atomic E-state index is 5.85. The molecule has 0 aliphatic carbocycles. The molecule has 2 aromatic rings. The lowest BCUT2D eigenvalue weighted by atomic mass is 10.1. The monoisotopic (exact) mass is 372 g/mol. The molecule has 2 heterocycles. The SMILES string of the molecule is CNc1ncc(CN(Cc2ccc(OC)c(OC)c2)CC2CCCO2)cn1. The minimum Gasteiger partial charge on any atom is -0.493 e. The number of hydrogen-bond donors (Lipinski definition) is 1. The number of benzene rings is 1. The molecule has 146 valence electrons. The Morgan fingerprint density at radius 3 is 2.48 bits per heavy atom. The van der Waals surface area contributed by atoms with Crippen LogP contribution in [0.25, 0.3) is 0 Å². The lowest BCUT2D eigenvalue weighted by Crippen LogP contribution is -2.31. The van der Waals surface area contributed by atoms with Gasteiger partial charge in [-0.1, -0.05) is 6.07 Å². The molecule has 1 aliphatic rings. The molecule has 1 fully saturated rings. The van der Waals surface area contributed by atoms with E-state index in [1.807, 2.05) is 31.6 Å². The van der Waals surface area contributed by atoms with Crippen LogP contribution in [0.1, 0.15) is 24.0 Å². The van der Waals surface area contributed by atoms with Crippen molar-refractivity contribution in [2.45, 2.75) is 32.0 Å². The third kappa shape index (κ3) is 5.30. The minimum atomic E-state index is 0.280. The van der Waals surface area contributed by atoms with Gasteiger partial charge in [0.1, 0.15) is 0 Å². The zero-order valence-corrected chi connectivity index (χ0v) is 16.3. The van der Waals surface area contributed by atoms with Gasteiger partial charge in [-0.15, -0.1) is 0 Å². The van der Waals surface area contributed by atoms with E-state index in [1.165, 1.54) is 5.56 Å². The number of aromatic nitrogens is 2. The van der Waals surface area contributed by atoms with E-state index < -0.39 is 0 Å². The van der Waals surface area contributed by atoms with Crippen molar-refractivity contribution in [1.82, 2.24) is 14.9 Å². The summed E-state index contributed by atoms with van der Waals surface area (Å²) in [6.45, 7) is 3.28. The van der Waals surface area contributed by atoms with Crippen LogP contribution < -0.4 is 14.8 Å². The molecule has 7 nitrogen and oxygen atoms in total. The predicted molar refractivity (Wildman–Crippen MR) is 104 cm³/mol. The van der Waals surface area contributed by atoms with Crippen LogP contribution in [-0.4, -0.2) is 55.4 Å². The fourth-order valence-corrected chi connectivity index (χ4v) is 3.32. The summed E-state index contributed by atoms with van der Waals surface area (Å²) >= 11 is 0. The highest BCUT2D eigenvalue weighted by Gasteiger charge is 2.20. The molecule has 1 aliphatic heterocycles. The summed E-state index contributed by atoms with van der Waals surface area (Å²) in [5, 5.41) is 2.95. The average Bonchev–Trinajstić information content (AvgIpc) is 3.21. The third-order valence-electron chi connectivity index (χ3n) is 4.68. The van der Waals surface area contributed by atoms with Gasteiger partial charge in [-0.2, -0.15) is 0 Å². The van der Waals surface area contributed by atoms with E-state index >= 15 is 0 Å². The van der Waals surface area contributed by atoms with Crippen LogP contribution in [0.4, 0.5) is 5.95 Å². The zero-order valence-electron chi connectivity index (χ0n) is 16.3. The van der Waals surface area contributed by atoms with E-state index in [1.54, 1.807) is 14.2 Å². The van der Waals surface area contributed by atoms with Crippen LogP contribution in [0, 0.1) is 0 Å². The van der Waals surface area contributed by atoms with Crippen molar-refractivity contribution in [1.29, 1.82) is 0 Å².